The van der Waals surface area contributed by atoms with Gasteiger partial charge in [0.15, 0.2) is 6.61 Å². The summed E-state index contributed by atoms with van der Waals surface area (Å²) in [7, 11) is -3.84. The van der Waals surface area contributed by atoms with E-state index in [9.17, 15) is 9.36 Å². The third kappa shape index (κ3) is 4.13. The van der Waals surface area contributed by atoms with E-state index >= 15 is 0 Å². The van der Waals surface area contributed by atoms with Gasteiger partial charge in [-0.15, -0.1) is 0 Å². The Morgan fingerprint density at radius 3 is 2.11 bits per heavy atom. The van der Waals surface area contributed by atoms with Gasteiger partial charge in [0.1, 0.15) is 12.2 Å². The molecule has 0 aromatic rings. The van der Waals surface area contributed by atoms with Crippen molar-refractivity contribution in [1.82, 2.24) is 0 Å². The number of carbonyl (C=O) groups is 1. The first kappa shape index (κ1) is 13.3. The minimum Gasteiger partial charge on any atom is -0.428 e. The lowest BCUT2D eigenvalue weighted by molar-refractivity contribution is -0.0304. The van der Waals surface area contributed by atoms with Crippen LogP contribution in [0.2, 0.25) is 0 Å². The standard InChI is InChI=1S/C9H13O9P/c10-9-14-5-8(17-9)18-19(11,15-3-6-1-12-6)16-4-7-2-13-7/h6-8H,1-5H2. The fraction of sp³-hybridized carbons (Fsp3) is 0.889. The normalized spacial score (nSPS) is 35.4. The summed E-state index contributed by atoms with van der Waals surface area (Å²) in [6.45, 7) is 1.12. The molecule has 0 aromatic heterocycles. The Balaban J connectivity index is 1.52. The highest BCUT2D eigenvalue weighted by molar-refractivity contribution is 7.48. The van der Waals surface area contributed by atoms with Crippen LogP contribution in [-0.4, -0.2) is 57.7 Å². The molecule has 3 aliphatic heterocycles. The molecule has 3 atom stereocenters. The predicted molar refractivity (Wildman–Crippen MR) is 56.3 cm³/mol. The first-order chi connectivity index (χ1) is 9.13. The molecule has 19 heavy (non-hydrogen) atoms. The van der Waals surface area contributed by atoms with Crippen molar-refractivity contribution < 1.29 is 41.9 Å². The Kier molecular flexibility index (Phi) is 3.75. The van der Waals surface area contributed by atoms with Gasteiger partial charge >= 0.3 is 14.0 Å². The SMILES string of the molecule is O=C1OCC(OP(=O)(OCC2CO2)OCC2CO2)O1. The average molecular weight is 296 g/mol. The smallest absolute Gasteiger partial charge is 0.428 e. The molecule has 0 aromatic carbocycles. The molecular formula is C9H13O9P. The number of rotatable bonds is 8. The van der Waals surface area contributed by atoms with Crippen molar-refractivity contribution in [1.29, 1.82) is 0 Å². The molecule has 3 unspecified atom stereocenters. The molecule has 0 aliphatic carbocycles. The van der Waals surface area contributed by atoms with Crippen molar-refractivity contribution >= 4 is 14.0 Å². The van der Waals surface area contributed by atoms with E-state index in [2.05, 4.69) is 9.47 Å². The lowest BCUT2D eigenvalue weighted by Crippen LogP contribution is -2.17. The number of hydrogen-bond acceptors (Lipinski definition) is 9. The van der Waals surface area contributed by atoms with Crippen molar-refractivity contribution in [3.63, 3.8) is 0 Å². The fourth-order valence-electron chi connectivity index (χ4n) is 1.28. The highest BCUT2D eigenvalue weighted by atomic mass is 31.2. The van der Waals surface area contributed by atoms with Crippen LogP contribution in [0.25, 0.3) is 0 Å². The first-order valence-electron chi connectivity index (χ1n) is 5.77. The summed E-state index contributed by atoms with van der Waals surface area (Å²) >= 11 is 0. The van der Waals surface area contributed by atoms with Gasteiger partial charge in [0.2, 0.25) is 0 Å². The molecule has 0 amide bonds. The minimum atomic E-state index is -3.84. The predicted octanol–water partition coefficient (Wildman–Crippen LogP) is 0.435. The molecule has 3 heterocycles. The minimum absolute atomic E-state index is 0.0876. The summed E-state index contributed by atoms with van der Waals surface area (Å²) < 4.78 is 46.6. The molecule has 10 heteroatoms. The first-order valence-corrected chi connectivity index (χ1v) is 7.23. The molecular weight excluding hydrogens is 283 g/mol. The van der Waals surface area contributed by atoms with Crippen molar-refractivity contribution in [2.45, 2.75) is 18.5 Å². The van der Waals surface area contributed by atoms with Gasteiger partial charge in [-0.05, 0) is 0 Å². The van der Waals surface area contributed by atoms with Gasteiger partial charge in [-0.25, -0.2) is 13.9 Å². The molecule has 0 saturated carbocycles. The largest absolute Gasteiger partial charge is 0.510 e. The third-order valence-corrected chi connectivity index (χ3v) is 3.88. The number of epoxide rings is 2. The second-order valence-electron chi connectivity index (χ2n) is 4.16. The Labute approximate surface area is 108 Å². The van der Waals surface area contributed by atoms with E-state index in [1.165, 1.54) is 0 Å². The van der Waals surface area contributed by atoms with Crippen LogP contribution in [0.1, 0.15) is 0 Å². The molecule has 108 valence electrons. The van der Waals surface area contributed by atoms with Crippen LogP contribution in [-0.2, 0) is 37.1 Å². The molecule has 0 N–H and O–H groups in total. The van der Waals surface area contributed by atoms with Gasteiger partial charge in [-0.3, -0.25) is 9.05 Å². The van der Waals surface area contributed by atoms with E-state index in [-0.39, 0.29) is 32.0 Å². The zero-order valence-corrected chi connectivity index (χ0v) is 10.8. The lowest BCUT2D eigenvalue weighted by atomic mass is 10.5. The highest BCUT2D eigenvalue weighted by Gasteiger charge is 2.40. The summed E-state index contributed by atoms with van der Waals surface area (Å²) in [6.07, 6.45) is -2.17. The maximum atomic E-state index is 12.3. The maximum Gasteiger partial charge on any atom is 0.510 e. The summed E-state index contributed by atoms with van der Waals surface area (Å²) in [5.41, 5.74) is 0. The summed E-state index contributed by atoms with van der Waals surface area (Å²) in [5, 5.41) is 0. The Bertz CT molecular complexity index is 371. The summed E-state index contributed by atoms with van der Waals surface area (Å²) in [4.78, 5) is 10.8. The number of cyclic esters (lactones) is 2. The number of ether oxygens (including phenoxy) is 4. The lowest BCUT2D eigenvalue weighted by Gasteiger charge is -2.18. The highest BCUT2D eigenvalue weighted by Crippen LogP contribution is 2.52. The van der Waals surface area contributed by atoms with Gasteiger partial charge in [0, 0.05) is 0 Å². The van der Waals surface area contributed by atoms with Gasteiger partial charge in [0.05, 0.1) is 26.4 Å². The van der Waals surface area contributed by atoms with Crippen LogP contribution in [0.5, 0.6) is 0 Å². The molecule has 0 radical (unpaired) electrons. The van der Waals surface area contributed by atoms with Crippen molar-refractivity contribution in [3.8, 4) is 0 Å². The Morgan fingerprint density at radius 2 is 1.68 bits per heavy atom. The molecule has 0 bridgehead atoms. The number of hydrogen-bond donors (Lipinski definition) is 0. The van der Waals surface area contributed by atoms with Gasteiger partial charge in [-0.1, -0.05) is 0 Å². The van der Waals surface area contributed by atoms with Crippen LogP contribution >= 0.6 is 7.82 Å². The summed E-state index contributed by atoms with van der Waals surface area (Å²) in [5.74, 6) is 0. The van der Waals surface area contributed by atoms with E-state index in [4.69, 9.17) is 23.0 Å². The van der Waals surface area contributed by atoms with Gasteiger partial charge in [0.25, 0.3) is 6.29 Å². The van der Waals surface area contributed by atoms with E-state index in [1.807, 2.05) is 0 Å². The number of carbonyl (C=O) groups excluding carboxylic acids is 1. The van der Waals surface area contributed by atoms with E-state index < -0.39 is 20.3 Å². The zero-order chi connectivity index (χ0) is 13.3. The third-order valence-electron chi connectivity index (χ3n) is 2.45. The van der Waals surface area contributed by atoms with E-state index in [1.54, 1.807) is 0 Å². The Morgan fingerprint density at radius 1 is 1.11 bits per heavy atom. The Hall–Kier alpha value is -0.700. The molecule has 3 aliphatic rings. The molecule has 3 rings (SSSR count). The monoisotopic (exact) mass is 296 g/mol. The van der Waals surface area contributed by atoms with Crippen molar-refractivity contribution in [3.05, 3.63) is 0 Å². The van der Waals surface area contributed by atoms with E-state index in [0.29, 0.717) is 13.2 Å². The summed E-state index contributed by atoms with van der Waals surface area (Å²) in [6, 6.07) is 0. The fourth-order valence-corrected chi connectivity index (χ4v) is 2.57. The van der Waals surface area contributed by atoms with Crippen LogP contribution in [0, 0.1) is 0 Å². The van der Waals surface area contributed by atoms with Crippen molar-refractivity contribution in [2.24, 2.45) is 0 Å². The second-order valence-corrected chi connectivity index (χ2v) is 5.78. The zero-order valence-electron chi connectivity index (χ0n) is 9.89. The van der Waals surface area contributed by atoms with Crippen LogP contribution in [0.15, 0.2) is 0 Å². The average Bonchev–Trinajstić information content (AvgIpc) is 3.26. The van der Waals surface area contributed by atoms with Gasteiger partial charge in [-0.2, -0.15) is 0 Å². The number of phosphoric ester groups is 1. The molecule has 3 fully saturated rings. The van der Waals surface area contributed by atoms with E-state index in [0.717, 1.165) is 0 Å². The quantitative estimate of drug-likeness (QED) is 0.358. The van der Waals surface area contributed by atoms with Crippen molar-refractivity contribution in [2.75, 3.05) is 33.0 Å². The van der Waals surface area contributed by atoms with Crippen LogP contribution in [0.4, 0.5) is 4.79 Å². The topological polar surface area (TPSA) is 105 Å². The van der Waals surface area contributed by atoms with Gasteiger partial charge < -0.3 is 18.9 Å². The van der Waals surface area contributed by atoms with Crippen LogP contribution < -0.4 is 0 Å². The molecule has 9 nitrogen and oxygen atoms in total. The number of phosphoric acid groups is 1. The second kappa shape index (κ2) is 5.35. The maximum absolute atomic E-state index is 12.3. The van der Waals surface area contributed by atoms with Crippen LogP contribution in [0.3, 0.4) is 0 Å². The molecule has 0 spiro atoms. The molecule has 3 saturated heterocycles.